The summed E-state index contributed by atoms with van der Waals surface area (Å²) in [6.45, 7) is 11.9. The second-order valence-corrected chi connectivity index (χ2v) is 16.4. The number of hydrogen-bond donors (Lipinski definition) is 2. The zero-order valence-electron chi connectivity index (χ0n) is 38.3. The molecular formula is C46H52MnN16O6. The first-order valence-electron chi connectivity index (χ1n) is 22.9. The van der Waals surface area contributed by atoms with Gasteiger partial charge in [0.05, 0.1) is 19.0 Å². The molecule has 6 aromatic rings. The minimum Gasteiger partial charge on any atom is -0.493 e. The van der Waals surface area contributed by atoms with Gasteiger partial charge in [-0.2, -0.15) is 20.1 Å². The maximum absolute atomic E-state index is 13.3. The second-order valence-electron chi connectivity index (χ2n) is 16.4. The Kier molecular flexibility index (Phi) is 17.6. The molecule has 2 fully saturated rings. The van der Waals surface area contributed by atoms with Crippen LogP contribution < -0.4 is 22.5 Å². The Hall–Kier alpha value is -7.62. The molecule has 69 heavy (non-hydrogen) atoms. The van der Waals surface area contributed by atoms with E-state index < -0.39 is 34.3 Å². The Balaban J connectivity index is 0.000000224. The van der Waals surface area contributed by atoms with Crippen molar-refractivity contribution >= 4 is 28.7 Å². The molecule has 2 N–H and O–H groups in total. The van der Waals surface area contributed by atoms with E-state index in [4.69, 9.17) is 6.57 Å². The Morgan fingerprint density at radius 3 is 1.55 bits per heavy atom. The number of aromatic hydroxyl groups is 2. The standard InChI is InChI=1S/2C23H26N8O3.Mn/c1-3-4-14-29-21(32)19(22(33)30(23(29)34)16-10-6-5-7-11-16)27-28-20-17(24-2)15-26-31(20)18-12-8-9-13-25-18;1-2-3-13-29-21(32)19(22(33)30(23(29)34)17-9-5-4-6-10-17)27-28-20-16(14-24)15-26-31(20)18-11-7-8-12-25-18;/h8-9,12-13,15-16,32H,3-7,10-11,14H2,1H3;7-8,11-12,15,17,32H,2-6,9-10,13H2,1H3;. The van der Waals surface area contributed by atoms with Crippen LogP contribution in [0.4, 0.5) is 28.7 Å². The monoisotopic (exact) mass is 979 g/mol. The van der Waals surface area contributed by atoms with Gasteiger partial charge in [0.2, 0.25) is 23.1 Å². The summed E-state index contributed by atoms with van der Waals surface area (Å²) in [6, 6.07) is 11.9. The molecule has 0 amide bonds. The molecule has 1 radical (unpaired) electrons. The molecule has 22 nitrogen and oxygen atoms in total. The summed E-state index contributed by atoms with van der Waals surface area (Å²) in [5.41, 5.74) is -2.85. The van der Waals surface area contributed by atoms with Gasteiger partial charge < -0.3 is 10.2 Å². The molecule has 0 atom stereocenters. The number of hydrogen-bond acceptors (Lipinski definition) is 15. The average molecular weight is 980 g/mol. The summed E-state index contributed by atoms with van der Waals surface area (Å²) in [4.78, 5) is 64.9. The van der Waals surface area contributed by atoms with Crippen molar-refractivity contribution in [1.82, 2.24) is 47.8 Å². The van der Waals surface area contributed by atoms with Crippen molar-refractivity contribution in [2.45, 2.75) is 129 Å². The fourth-order valence-corrected chi connectivity index (χ4v) is 8.33. The summed E-state index contributed by atoms with van der Waals surface area (Å²) >= 11 is 0. The number of rotatable bonds is 14. The van der Waals surface area contributed by atoms with E-state index in [1.165, 1.54) is 40.0 Å². The van der Waals surface area contributed by atoms with Crippen molar-refractivity contribution in [1.29, 1.82) is 5.26 Å². The number of aromatic nitrogens is 10. The van der Waals surface area contributed by atoms with Crippen LogP contribution in [0.25, 0.3) is 16.5 Å². The van der Waals surface area contributed by atoms with Crippen LogP contribution >= 0.6 is 0 Å². The van der Waals surface area contributed by atoms with E-state index in [0.29, 0.717) is 24.5 Å². The Morgan fingerprint density at radius 2 is 1.13 bits per heavy atom. The van der Waals surface area contributed by atoms with E-state index in [1.54, 1.807) is 48.8 Å². The molecule has 0 aromatic carbocycles. The third-order valence-corrected chi connectivity index (χ3v) is 11.9. The van der Waals surface area contributed by atoms with Crippen LogP contribution in [-0.4, -0.2) is 58.0 Å². The number of pyridine rings is 2. The van der Waals surface area contributed by atoms with Crippen LogP contribution in [0.1, 0.15) is 121 Å². The van der Waals surface area contributed by atoms with E-state index in [-0.39, 0.29) is 76.5 Å². The predicted octanol–water partition coefficient (Wildman–Crippen LogP) is 8.45. The fraction of sp³-hybridized carbons (Fsp3) is 0.435. The topological polar surface area (TPSA) is 267 Å². The summed E-state index contributed by atoms with van der Waals surface area (Å²) in [5.74, 6) is -0.0782. The fourth-order valence-electron chi connectivity index (χ4n) is 8.33. The Labute approximate surface area is 406 Å². The zero-order valence-corrected chi connectivity index (χ0v) is 39.5. The number of nitriles is 1. The molecule has 0 unspecified atom stereocenters. The molecule has 0 bridgehead atoms. The SMILES string of the molecule is CCCCn1c(O)c(N=Nc2c(C#N)cnn2-c2ccccn2)c(=O)n(C2CCCCC2)c1=O.[C-]#[N+]c1cnn(-c2ccccn2)c1N=Nc1c(O)n(CCCC)c(=O)n(C2CCCCC2)c1=O.[Mn]. The van der Waals surface area contributed by atoms with Crippen molar-refractivity contribution < 1.29 is 27.3 Å². The molecule has 2 aliphatic carbocycles. The zero-order chi connectivity index (χ0) is 48.2. The molecule has 23 heteroatoms. The first-order chi connectivity index (χ1) is 33.1. The first-order valence-corrected chi connectivity index (χ1v) is 22.9. The van der Waals surface area contributed by atoms with E-state index in [9.17, 15) is 34.7 Å². The third-order valence-electron chi connectivity index (χ3n) is 11.9. The van der Waals surface area contributed by atoms with E-state index in [1.807, 2.05) is 19.9 Å². The molecule has 0 aliphatic heterocycles. The van der Waals surface area contributed by atoms with E-state index >= 15 is 0 Å². The Bertz CT molecular complexity index is 2900. The van der Waals surface area contributed by atoms with Gasteiger partial charge in [-0.1, -0.05) is 77.3 Å². The van der Waals surface area contributed by atoms with Crippen molar-refractivity contribution in [3.8, 4) is 29.5 Å². The quantitative estimate of drug-likeness (QED) is 0.0594. The van der Waals surface area contributed by atoms with Gasteiger partial charge in [-0.3, -0.25) is 27.9 Å². The summed E-state index contributed by atoms with van der Waals surface area (Å²) in [7, 11) is 0. The van der Waals surface area contributed by atoms with Crippen molar-refractivity contribution in [2.24, 2.45) is 20.5 Å². The van der Waals surface area contributed by atoms with Crippen LogP contribution in [0, 0.1) is 17.9 Å². The number of nitrogens with zero attached hydrogens (tertiary/aromatic N) is 16. The van der Waals surface area contributed by atoms with Crippen molar-refractivity contribution in [3.63, 3.8) is 0 Å². The largest absolute Gasteiger partial charge is 0.493 e. The molecule has 0 saturated heterocycles. The molecule has 2 saturated carbocycles. The van der Waals surface area contributed by atoms with Crippen LogP contribution in [0.5, 0.6) is 11.8 Å². The normalized spacial score (nSPS) is 14.3. The van der Waals surface area contributed by atoms with Gasteiger partial charge in [0, 0.05) is 54.6 Å². The first kappa shape index (κ1) is 50.8. The smallest absolute Gasteiger partial charge is 0.334 e. The minimum absolute atomic E-state index is 0. The van der Waals surface area contributed by atoms with Gasteiger partial charge in [-0.15, -0.1) is 20.5 Å². The number of unbranched alkanes of at least 4 members (excludes halogenated alkanes) is 2. The van der Waals surface area contributed by atoms with E-state index in [2.05, 4.69) is 45.5 Å². The van der Waals surface area contributed by atoms with Crippen LogP contribution in [0.15, 0.2) is 101 Å². The third kappa shape index (κ3) is 11.1. The maximum atomic E-state index is 13.3. The van der Waals surface area contributed by atoms with Gasteiger partial charge in [0.25, 0.3) is 16.8 Å². The molecular weight excluding hydrogens is 928 g/mol. The van der Waals surface area contributed by atoms with Crippen molar-refractivity contribution in [3.05, 3.63) is 120 Å². The van der Waals surface area contributed by atoms with Gasteiger partial charge in [0.1, 0.15) is 11.6 Å². The van der Waals surface area contributed by atoms with Crippen LogP contribution in [-0.2, 0) is 30.2 Å². The molecule has 6 aromatic heterocycles. The van der Waals surface area contributed by atoms with Crippen LogP contribution in [0.3, 0.4) is 0 Å². The molecule has 359 valence electrons. The van der Waals surface area contributed by atoms with Gasteiger partial charge >= 0.3 is 11.4 Å². The minimum atomic E-state index is -0.687. The summed E-state index contributed by atoms with van der Waals surface area (Å²) in [6.07, 6.45) is 17.5. The van der Waals surface area contributed by atoms with Crippen molar-refractivity contribution in [2.75, 3.05) is 0 Å². The average Bonchev–Trinajstić information content (AvgIpc) is 3.99. The van der Waals surface area contributed by atoms with Crippen LogP contribution in [0.2, 0.25) is 0 Å². The number of azo groups is 2. The Morgan fingerprint density at radius 1 is 0.681 bits per heavy atom. The van der Waals surface area contributed by atoms with Gasteiger partial charge in [-0.05, 0) is 62.8 Å². The summed E-state index contributed by atoms with van der Waals surface area (Å²) in [5, 5.41) is 55.8. The van der Waals surface area contributed by atoms with E-state index in [0.717, 1.165) is 77.0 Å². The second kappa shape index (κ2) is 23.9. The molecule has 6 heterocycles. The molecule has 0 spiro atoms. The maximum Gasteiger partial charge on any atom is 0.334 e. The molecule has 8 rings (SSSR count). The molecule has 2 aliphatic rings. The van der Waals surface area contributed by atoms with Gasteiger partial charge in [0.15, 0.2) is 23.3 Å². The summed E-state index contributed by atoms with van der Waals surface area (Å²) < 4.78 is 7.47. The predicted molar refractivity (Wildman–Crippen MR) is 249 cm³/mol. The van der Waals surface area contributed by atoms with Gasteiger partial charge in [-0.25, -0.2) is 29.1 Å².